The molecular formula is C10F14O3. The van der Waals surface area contributed by atoms with Crippen LogP contribution in [0.25, 0.3) is 0 Å². The molecule has 0 unspecified atom stereocenters. The van der Waals surface area contributed by atoms with Gasteiger partial charge in [-0.15, -0.1) is 0 Å². The first kappa shape index (κ1) is 22.9. The first-order valence-electron chi connectivity index (χ1n) is 5.71. The second kappa shape index (κ2) is 5.70. The lowest BCUT2D eigenvalue weighted by atomic mass is 9.83. The van der Waals surface area contributed by atoms with Crippen LogP contribution in [0.1, 0.15) is 0 Å². The van der Waals surface area contributed by atoms with Crippen LogP contribution in [0.5, 0.6) is 0 Å². The van der Waals surface area contributed by atoms with Gasteiger partial charge in [-0.1, -0.05) is 0 Å². The molecule has 1 aliphatic rings. The highest BCUT2D eigenvalue weighted by Crippen LogP contribution is 2.58. The third kappa shape index (κ3) is 2.99. The minimum absolute atomic E-state index is 2.83. The molecule has 0 atom stereocenters. The van der Waals surface area contributed by atoms with Crippen molar-refractivity contribution >= 4 is 11.9 Å². The fourth-order valence-corrected chi connectivity index (χ4v) is 1.90. The second-order valence-electron chi connectivity index (χ2n) is 4.73. The molecule has 0 amide bonds. The van der Waals surface area contributed by atoms with Crippen molar-refractivity contribution in [3.63, 3.8) is 0 Å². The average Bonchev–Trinajstić information content (AvgIpc) is 2.66. The van der Waals surface area contributed by atoms with E-state index in [1.54, 1.807) is 0 Å². The molecule has 156 valence electrons. The van der Waals surface area contributed by atoms with Crippen LogP contribution in [0, 0.1) is 0 Å². The number of hydrogen-bond acceptors (Lipinski definition) is 3. The molecule has 3 nitrogen and oxygen atoms in total. The first-order valence-corrected chi connectivity index (χ1v) is 5.71. The Morgan fingerprint density at radius 1 is 0.444 bits per heavy atom. The van der Waals surface area contributed by atoms with Crippen LogP contribution in [0.15, 0.2) is 11.1 Å². The molecular weight excluding hydrogens is 434 g/mol. The third-order valence-electron chi connectivity index (χ3n) is 3.10. The minimum atomic E-state index is -7.44. The molecule has 1 heterocycles. The molecule has 17 heteroatoms. The molecule has 0 spiro atoms. The van der Waals surface area contributed by atoms with E-state index in [-0.39, 0.29) is 0 Å². The predicted molar refractivity (Wildman–Crippen MR) is 50.0 cm³/mol. The Kier molecular flexibility index (Phi) is 4.84. The standard InChI is InChI=1S/C10F14O3/c11-5(7(13,14)15,8(16,17)18)1-2(4(26)27-3(1)25)6(12,9(19,20)21)10(22,23)24. The van der Waals surface area contributed by atoms with E-state index in [1.807, 2.05) is 0 Å². The Morgan fingerprint density at radius 3 is 0.778 bits per heavy atom. The average molecular weight is 434 g/mol. The van der Waals surface area contributed by atoms with Crippen LogP contribution >= 0.6 is 0 Å². The van der Waals surface area contributed by atoms with Gasteiger partial charge in [-0.2, -0.15) is 52.7 Å². The molecule has 1 aliphatic heterocycles. The van der Waals surface area contributed by atoms with E-state index >= 15 is 0 Å². The fraction of sp³-hybridized carbons (Fsp3) is 0.600. The maximum atomic E-state index is 13.8. The van der Waals surface area contributed by atoms with E-state index < -0.39 is 59.1 Å². The van der Waals surface area contributed by atoms with Gasteiger partial charge in [0, 0.05) is 0 Å². The van der Waals surface area contributed by atoms with E-state index in [1.165, 1.54) is 0 Å². The van der Waals surface area contributed by atoms with Gasteiger partial charge >= 0.3 is 48.0 Å². The van der Waals surface area contributed by atoms with Crippen LogP contribution in [0.2, 0.25) is 0 Å². The smallest absolute Gasteiger partial charge is 0.386 e. The van der Waals surface area contributed by atoms with Crippen LogP contribution in [0.3, 0.4) is 0 Å². The van der Waals surface area contributed by atoms with Gasteiger partial charge in [-0.3, -0.25) is 0 Å². The van der Waals surface area contributed by atoms with Crippen molar-refractivity contribution in [1.29, 1.82) is 0 Å². The van der Waals surface area contributed by atoms with E-state index in [0.29, 0.717) is 0 Å². The Bertz CT molecular complexity index is 602. The predicted octanol–water partition coefficient (Wildman–Crippen LogP) is 4.03. The lowest BCUT2D eigenvalue weighted by molar-refractivity contribution is -0.334. The molecule has 0 N–H and O–H groups in total. The summed E-state index contributed by atoms with van der Waals surface area (Å²) in [7, 11) is 0. The molecule has 27 heavy (non-hydrogen) atoms. The van der Waals surface area contributed by atoms with Crippen molar-refractivity contribution in [1.82, 2.24) is 0 Å². The van der Waals surface area contributed by atoms with Crippen molar-refractivity contribution in [2.75, 3.05) is 0 Å². The van der Waals surface area contributed by atoms with Crippen LogP contribution in [-0.2, 0) is 14.3 Å². The summed E-state index contributed by atoms with van der Waals surface area (Å²) in [6.07, 6.45) is -29.7. The molecule has 0 aliphatic carbocycles. The molecule has 0 saturated heterocycles. The van der Waals surface area contributed by atoms with Gasteiger partial charge in [-0.05, 0) is 0 Å². The lowest BCUT2D eigenvalue weighted by Crippen LogP contribution is -2.60. The maximum absolute atomic E-state index is 13.8. The van der Waals surface area contributed by atoms with E-state index in [2.05, 4.69) is 4.74 Å². The zero-order chi connectivity index (χ0) is 22.0. The largest absolute Gasteiger partial charge is 0.436 e. The topological polar surface area (TPSA) is 43.4 Å². The molecule has 0 radical (unpaired) electrons. The van der Waals surface area contributed by atoms with Crippen LogP contribution in [-0.4, -0.2) is 48.0 Å². The van der Waals surface area contributed by atoms with Gasteiger partial charge in [0.05, 0.1) is 0 Å². The van der Waals surface area contributed by atoms with Crippen LogP contribution in [0.4, 0.5) is 61.5 Å². The molecule has 0 bridgehead atoms. The minimum Gasteiger partial charge on any atom is -0.386 e. The Labute approximate surface area is 136 Å². The summed E-state index contributed by atoms with van der Waals surface area (Å²) in [6, 6.07) is 0. The molecule has 1 rings (SSSR count). The summed E-state index contributed by atoms with van der Waals surface area (Å²) >= 11 is 0. The van der Waals surface area contributed by atoms with Crippen molar-refractivity contribution in [2.45, 2.75) is 36.0 Å². The fourth-order valence-electron chi connectivity index (χ4n) is 1.90. The molecule has 0 aromatic rings. The van der Waals surface area contributed by atoms with Gasteiger partial charge < -0.3 is 4.74 Å². The summed E-state index contributed by atoms with van der Waals surface area (Å²) in [5.41, 5.74) is -22.9. The van der Waals surface area contributed by atoms with E-state index in [0.717, 1.165) is 0 Å². The van der Waals surface area contributed by atoms with E-state index in [4.69, 9.17) is 0 Å². The number of carbonyl (C=O) groups excluding carboxylic acids is 2. The number of rotatable bonds is 2. The summed E-state index contributed by atoms with van der Waals surface area (Å²) in [5, 5.41) is 0. The monoisotopic (exact) mass is 434 g/mol. The Balaban J connectivity index is 4.19. The Morgan fingerprint density at radius 2 is 0.630 bits per heavy atom. The molecule has 0 aromatic carbocycles. The second-order valence-corrected chi connectivity index (χ2v) is 4.73. The molecule has 0 fully saturated rings. The number of alkyl halides is 14. The highest BCUT2D eigenvalue weighted by molar-refractivity contribution is 6.15. The normalized spacial score (nSPS) is 18.3. The number of esters is 2. The van der Waals surface area contributed by atoms with E-state index in [9.17, 15) is 71.1 Å². The van der Waals surface area contributed by atoms with Gasteiger partial charge in [-0.25, -0.2) is 18.4 Å². The zero-order valence-corrected chi connectivity index (χ0v) is 11.5. The summed E-state index contributed by atoms with van der Waals surface area (Å²) in [6.45, 7) is 0. The summed E-state index contributed by atoms with van der Waals surface area (Å²) in [5.74, 6) is -7.05. The highest BCUT2D eigenvalue weighted by Gasteiger charge is 2.84. The number of carbonyl (C=O) groups is 2. The van der Waals surface area contributed by atoms with Crippen molar-refractivity contribution < 1.29 is 75.8 Å². The maximum Gasteiger partial charge on any atom is 0.436 e. The van der Waals surface area contributed by atoms with Gasteiger partial charge in [0.15, 0.2) is 0 Å². The summed E-state index contributed by atoms with van der Waals surface area (Å²) < 4.78 is 181. The molecule has 0 aromatic heterocycles. The lowest BCUT2D eigenvalue weighted by Gasteiger charge is -2.33. The number of cyclic esters (lactones) is 2. The van der Waals surface area contributed by atoms with Gasteiger partial charge in [0.2, 0.25) is 0 Å². The Hall–Kier alpha value is -2.10. The highest BCUT2D eigenvalue weighted by atomic mass is 19.4. The number of halogens is 14. The van der Waals surface area contributed by atoms with Gasteiger partial charge in [0.25, 0.3) is 0 Å². The molecule has 0 saturated carbocycles. The van der Waals surface area contributed by atoms with Crippen LogP contribution < -0.4 is 0 Å². The van der Waals surface area contributed by atoms with Gasteiger partial charge in [0.1, 0.15) is 11.1 Å². The third-order valence-corrected chi connectivity index (χ3v) is 3.10. The quantitative estimate of drug-likeness (QED) is 0.375. The summed E-state index contributed by atoms with van der Waals surface area (Å²) in [4.78, 5) is 22.0. The number of ether oxygens (including phenoxy) is 1. The SMILES string of the molecule is O=C1OC(=O)C(C(F)(C(F)(F)F)C(F)(F)F)=C1C(F)(C(F)(F)F)C(F)(F)F. The van der Waals surface area contributed by atoms with Crippen molar-refractivity contribution in [3.05, 3.63) is 11.1 Å². The van der Waals surface area contributed by atoms with Crippen molar-refractivity contribution in [3.8, 4) is 0 Å². The zero-order valence-electron chi connectivity index (χ0n) is 11.5. The first-order chi connectivity index (χ1) is 11.5. The number of hydrogen-bond donors (Lipinski definition) is 0. The van der Waals surface area contributed by atoms with Crippen molar-refractivity contribution in [2.24, 2.45) is 0 Å².